The van der Waals surface area contributed by atoms with Gasteiger partial charge in [-0.15, -0.1) is 0 Å². The molecule has 0 bridgehead atoms. The number of carboxylic acid groups (broad SMARTS) is 1. The molecule has 2 N–H and O–H groups in total. The predicted molar refractivity (Wildman–Crippen MR) is 128 cm³/mol. The number of rotatable bonds is 6. The number of aromatic nitrogens is 2. The summed E-state index contributed by atoms with van der Waals surface area (Å²) in [6.45, 7) is 4.21. The van der Waals surface area contributed by atoms with Crippen LogP contribution in [0.4, 0.5) is 10.6 Å². The van der Waals surface area contributed by atoms with E-state index in [0.717, 1.165) is 22.3 Å². The number of fused-ring (bicyclic) bond motifs is 4. The van der Waals surface area contributed by atoms with E-state index in [1.165, 1.54) is 15.8 Å². The molecule has 1 aliphatic carbocycles. The number of carboxylic acids is 1. The van der Waals surface area contributed by atoms with Crippen LogP contribution >= 0.6 is 0 Å². The van der Waals surface area contributed by atoms with Gasteiger partial charge in [-0.2, -0.15) is 5.10 Å². The van der Waals surface area contributed by atoms with E-state index >= 15 is 0 Å². The molecule has 2 heterocycles. The van der Waals surface area contributed by atoms with Crippen LogP contribution in [0.1, 0.15) is 47.7 Å². The Morgan fingerprint density at radius 1 is 1.09 bits per heavy atom. The summed E-state index contributed by atoms with van der Waals surface area (Å²) in [5, 5.41) is 16.3. The second-order valence-electron chi connectivity index (χ2n) is 9.00. The molecule has 1 aromatic heterocycles. The van der Waals surface area contributed by atoms with Gasteiger partial charge >= 0.3 is 12.1 Å². The Labute approximate surface area is 202 Å². The van der Waals surface area contributed by atoms with Crippen molar-refractivity contribution in [1.29, 1.82) is 0 Å². The number of nitrogens with zero attached hydrogens (tertiary/aromatic N) is 3. The Balaban J connectivity index is 1.31. The second kappa shape index (κ2) is 8.57. The van der Waals surface area contributed by atoms with Crippen molar-refractivity contribution in [3.63, 3.8) is 0 Å². The third kappa shape index (κ3) is 3.73. The summed E-state index contributed by atoms with van der Waals surface area (Å²) in [5.41, 5.74) is 3.13. The monoisotopic (exact) mass is 474 g/mol. The van der Waals surface area contributed by atoms with E-state index in [9.17, 15) is 19.5 Å². The molecular weight excluding hydrogens is 448 g/mol. The van der Waals surface area contributed by atoms with Crippen molar-refractivity contribution < 1.29 is 24.2 Å². The van der Waals surface area contributed by atoms with Crippen LogP contribution in [-0.2, 0) is 16.1 Å². The minimum Gasteiger partial charge on any atom is -0.477 e. The van der Waals surface area contributed by atoms with Gasteiger partial charge in [-0.3, -0.25) is 9.69 Å². The zero-order valence-corrected chi connectivity index (χ0v) is 19.5. The van der Waals surface area contributed by atoms with E-state index in [-0.39, 0.29) is 30.5 Å². The Bertz CT molecular complexity index is 1290. The number of hydrogen-bond acceptors (Lipinski definition) is 5. The molecule has 0 fully saturated rings. The molecule has 0 saturated carbocycles. The topological polar surface area (TPSA) is 114 Å². The Kier molecular flexibility index (Phi) is 5.55. The third-order valence-electron chi connectivity index (χ3n) is 6.98. The van der Waals surface area contributed by atoms with Gasteiger partial charge in [0.15, 0.2) is 0 Å². The lowest BCUT2D eigenvalue weighted by atomic mass is 9.96. The summed E-state index contributed by atoms with van der Waals surface area (Å²) in [7, 11) is 0. The lowest BCUT2D eigenvalue weighted by Crippen LogP contribution is -2.57. The summed E-state index contributed by atoms with van der Waals surface area (Å²) in [4.78, 5) is 39.3. The van der Waals surface area contributed by atoms with Crippen LogP contribution in [0.5, 0.6) is 0 Å². The van der Waals surface area contributed by atoms with E-state index in [1.54, 1.807) is 13.8 Å². The van der Waals surface area contributed by atoms with Gasteiger partial charge < -0.3 is 15.2 Å². The summed E-state index contributed by atoms with van der Waals surface area (Å²) < 4.78 is 7.12. The highest BCUT2D eigenvalue weighted by Crippen LogP contribution is 2.44. The quantitative estimate of drug-likeness (QED) is 0.564. The minimum absolute atomic E-state index is 0.0459. The van der Waals surface area contributed by atoms with Crippen LogP contribution in [-0.4, -0.2) is 51.5 Å². The van der Waals surface area contributed by atoms with E-state index in [4.69, 9.17) is 4.74 Å². The molecule has 0 saturated heterocycles. The van der Waals surface area contributed by atoms with Crippen LogP contribution in [0.15, 0.2) is 54.7 Å². The zero-order chi connectivity index (χ0) is 24.7. The first-order valence-corrected chi connectivity index (χ1v) is 11.6. The van der Waals surface area contributed by atoms with E-state index in [0.29, 0.717) is 13.0 Å². The van der Waals surface area contributed by atoms with Gasteiger partial charge in [0.25, 0.3) is 5.91 Å². The summed E-state index contributed by atoms with van der Waals surface area (Å²) in [6.07, 6.45) is 0.832. The molecule has 1 atom stereocenters. The average molecular weight is 475 g/mol. The molecule has 1 unspecified atom stereocenters. The van der Waals surface area contributed by atoms with Gasteiger partial charge in [-0.25, -0.2) is 14.3 Å². The highest BCUT2D eigenvalue weighted by atomic mass is 16.5. The van der Waals surface area contributed by atoms with Crippen molar-refractivity contribution in [3.05, 3.63) is 71.4 Å². The number of carbonyl (C=O) groups excluding carboxylic acids is 2. The molecule has 35 heavy (non-hydrogen) atoms. The molecule has 5 rings (SSSR count). The maximum atomic E-state index is 13.5. The van der Waals surface area contributed by atoms with E-state index in [2.05, 4.69) is 22.5 Å². The molecule has 2 aliphatic rings. The number of aromatic carboxylic acids is 1. The Morgan fingerprint density at radius 3 is 2.31 bits per heavy atom. The number of anilines is 1. The molecule has 2 aromatic carbocycles. The van der Waals surface area contributed by atoms with Crippen molar-refractivity contribution in [2.75, 3.05) is 18.1 Å². The van der Waals surface area contributed by atoms with Crippen LogP contribution in [0.2, 0.25) is 0 Å². The van der Waals surface area contributed by atoms with Crippen LogP contribution < -0.4 is 10.2 Å². The summed E-state index contributed by atoms with van der Waals surface area (Å²) in [6, 6.07) is 16.1. The van der Waals surface area contributed by atoms with E-state index in [1.807, 2.05) is 36.4 Å². The number of carbonyl (C=O) groups is 3. The lowest BCUT2D eigenvalue weighted by molar-refractivity contribution is -0.124. The van der Waals surface area contributed by atoms with Crippen molar-refractivity contribution in [2.45, 2.75) is 38.3 Å². The second-order valence-corrected chi connectivity index (χ2v) is 9.00. The molecule has 9 nitrogen and oxygen atoms in total. The highest BCUT2D eigenvalue weighted by Gasteiger charge is 2.42. The van der Waals surface area contributed by atoms with Crippen LogP contribution in [0.25, 0.3) is 11.1 Å². The standard InChI is InChI=1S/C26H26N4O5/c1-3-26(2,24(33)29-12-13-30-22(29)20(14-27-30)23(31)32)28-25(34)35-15-21-18-10-6-4-8-16(18)17-9-5-7-11-19(17)21/h4-11,14,21H,3,12-13,15H2,1-2H3,(H,28,34)(H,31,32). The number of ether oxygens (including phenoxy) is 1. The Hall–Kier alpha value is -4.14. The molecule has 1 aliphatic heterocycles. The molecule has 0 radical (unpaired) electrons. The smallest absolute Gasteiger partial charge is 0.408 e. The maximum Gasteiger partial charge on any atom is 0.408 e. The van der Waals surface area contributed by atoms with E-state index < -0.39 is 23.5 Å². The number of alkyl carbamates (subject to hydrolysis) is 1. The summed E-state index contributed by atoms with van der Waals surface area (Å²) in [5.74, 6) is -1.43. The summed E-state index contributed by atoms with van der Waals surface area (Å²) >= 11 is 0. The van der Waals surface area contributed by atoms with Gasteiger partial charge in [-0.05, 0) is 35.6 Å². The normalized spacial score (nSPS) is 15.7. The largest absolute Gasteiger partial charge is 0.477 e. The SMILES string of the molecule is CCC(C)(NC(=O)OCC1c2ccccc2-c2ccccc21)C(=O)N1CCn2ncc(C(=O)O)c21. The first-order chi connectivity index (χ1) is 16.8. The predicted octanol–water partition coefficient (Wildman–Crippen LogP) is 3.64. The maximum absolute atomic E-state index is 13.5. The number of nitrogens with one attached hydrogen (secondary N) is 1. The zero-order valence-electron chi connectivity index (χ0n) is 19.5. The average Bonchev–Trinajstić information content (AvgIpc) is 3.54. The fourth-order valence-corrected chi connectivity index (χ4v) is 4.93. The molecule has 2 amide bonds. The lowest BCUT2D eigenvalue weighted by Gasteiger charge is -2.32. The Morgan fingerprint density at radius 2 is 1.71 bits per heavy atom. The number of amides is 2. The van der Waals surface area contributed by atoms with Gasteiger partial charge in [0.05, 0.1) is 12.7 Å². The molecular formula is C26H26N4O5. The molecule has 180 valence electrons. The van der Waals surface area contributed by atoms with Crippen molar-refractivity contribution in [3.8, 4) is 11.1 Å². The molecule has 9 heteroatoms. The molecule has 0 spiro atoms. The number of benzene rings is 2. The fourth-order valence-electron chi connectivity index (χ4n) is 4.93. The first kappa shape index (κ1) is 22.6. The highest BCUT2D eigenvalue weighted by molar-refractivity contribution is 6.05. The van der Waals surface area contributed by atoms with Gasteiger partial charge in [0, 0.05) is 12.5 Å². The third-order valence-corrected chi connectivity index (χ3v) is 6.98. The van der Waals surface area contributed by atoms with Crippen LogP contribution in [0.3, 0.4) is 0 Å². The molecule has 3 aromatic rings. The fraction of sp³-hybridized carbons (Fsp3) is 0.308. The van der Waals surface area contributed by atoms with Gasteiger partial charge in [0.2, 0.25) is 0 Å². The van der Waals surface area contributed by atoms with Crippen molar-refractivity contribution in [1.82, 2.24) is 15.1 Å². The minimum atomic E-state index is -1.28. The van der Waals surface area contributed by atoms with Crippen molar-refractivity contribution in [2.24, 2.45) is 0 Å². The number of hydrogen-bond donors (Lipinski definition) is 2. The van der Waals surface area contributed by atoms with Crippen LogP contribution in [0, 0.1) is 0 Å². The first-order valence-electron chi connectivity index (χ1n) is 11.6. The van der Waals surface area contributed by atoms with Crippen molar-refractivity contribution >= 4 is 23.8 Å². The van der Waals surface area contributed by atoms with Gasteiger partial charge in [0.1, 0.15) is 23.5 Å². The van der Waals surface area contributed by atoms with Gasteiger partial charge in [-0.1, -0.05) is 55.5 Å².